The highest BCUT2D eigenvalue weighted by Crippen LogP contribution is 2.53. The van der Waals surface area contributed by atoms with E-state index in [1.807, 2.05) is 0 Å². The van der Waals surface area contributed by atoms with Crippen LogP contribution in [0.1, 0.15) is 0 Å². The lowest BCUT2D eigenvalue weighted by Gasteiger charge is -2.45. The minimum atomic E-state index is -0.303. The van der Waals surface area contributed by atoms with E-state index in [2.05, 4.69) is 400 Å². The van der Waals surface area contributed by atoms with E-state index < -0.39 is 0 Å². The molecule has 19 aromatic rings. The predicted molar refractivity (Wildman–Crippen MR) is 431 cm³/mol. The largest absolute Gasteiger partial charge is 0.311 e. The van der Waals surface area contributed by atoms with Gasteiger partial charge in [-0.25, -0.2) is 0 Å². The van der Waals surface area contributed by atoms with Gasteiger partial charge in [0.1, 0.15) is 0 Å². The second-order valence-electron chi connectivity index (χ2n) is 27.0. The molecule has 2 aliphatic heterocycles. The van der Waals surface area contributed by atoms with Crippen molar-refractivity contribution >= 4 is 123 Å². The zero-order valence-electron chi connectivity index (χ0n) is 55.6. The second-order valence-corrected chi connectivity index (χ2v) is 27.0. The van der Waals surface area contributed by atoms with Gasteiger partial charge in [-0.15, -0.1) is 0 Å². The highest BCUT2D eigenvalue weighted by Gasteiger charge is 2.46. The Morgan fingerprint density at radius 2 is 0.539 bits per heavy atom. The third kappa shape index (κ3) is 8.73. The predicted octanol–water partition coefficient (Wildman–Crippen LogP) is 23.4. The topological polar surface area (TPSA) is 21.3 Å². The molecule has 21 rings (SSSR count). The summed E-state index contributed by atoms with van der Waals surface area (Å²) >= 11 is 0. The first-order chi connectivity index (χ1) is 50.7. The minimum absolute atomic E-state index is 0.303. The molecule has 0 amide bonds. The van der Waals surface area contributed by atoms with Crippen LogP contribution in [0.3, 0.4) is 0 Å². The molecule has 2 aliphatic rings. The number of hydrogen-bond donors (Lipinski definition) is 0. The van der Waals surface area contributed by atoms with Crippen molar-refractivity contribution in [3.8, 4) is 72.7 Å². The molecule has 102 heavy (non-hydrogen) atoms. The summed E-state index contributed by atoms with van der Waals surface area (Å²) in [5.74, 6) is 0. The molecular weight excluding hydrogens is 1230 g/mol. The Balaban J connectivity index is 0.928. The molecule has 474 valence electrons. The quantitative estimate of drug-likeness (QED) is 0.127. The van der Waals surface area contributed by atoms with Crippen LogP contribution in [-0.4, -0.2) is 20.4 Å². The Kier molecular flexibility index (Phi) is 13.1. The summed E-state index contributed by atoms with van der Waals surface area (Å²) in [7, 11) is 0. The maximum Gasteiger partial charge on any atom is 0.252 e. The number of fused-ring (bicyclic) bond motifs is 13. The molecule has 6 heteroatoms. The molecule has 5 nitrogen and oxygen atoms in total. The Bertz CT molecular complexity index is 6460. The van der Waals surface area contributed by atoms with Crippen molar-refractivity contribution in [1.82, 2.24) is 13.7 Å². The van der Waals surface area contributed by atoms with Gasteiger partial charge in [-0.3, -0.25) is 0 Å². The third-order valence-corrected chi connectivity index (χ3v) is 21.6. The van der Waals surface area contributed by atoms with Crippen molar-refractivity contribution < 1.29 is 0 Å². The molecule has 3 aromatic heterocycles. The van der Waals surface area contributed by atoms with E-state index in [1.54, 1.807) is 0 Å². The maximum atomic E-state index is 2.67. The molecule has 0 unspecified atom stereocenters. The number of para-hydroxylation sites is 8. The summed E-state index contributed by atoms with van der Waals surface area (Å²) in [4.78, 5) is 5.30. The smallest absolute Gasteiger partial charge is 0.252 e. The van der Waals surface area contributed by atoms with Gasteiger partial charge in [0.05, 0.1) is 50.2 Å². The Hall–Kier alpha value is -13.4. The van der Waals surface area contributed by atoms with E-state index in [-0.39, 0.29) is 6.71 Å². The number of aromatic nitrogens is 3. The standard InChI is InChI=1S/C96H62BN5/c1-6-29-63(30-7-1)71-39-16-21-48-82(71)101-87-57-55-66(72-44-27-53-89-93(72)78-42-19-24-51-85(78)98(89)68-35-12-4-13-36-68)59-80(87)97-81-60-67(73-45-28-54-90-94(73)79-43-20-25-52-86(79)99(90)69-37-14-5-15-38-69)56-58-88(81)102(96-74(64-31-8-2-9-32-64)46-26-47-75(96)65-33-10-3-11-34-65)92-62-70(61-91(101)95(92)97)100-83-49-22-17-40-76(83)77-41-18-23-50-84(77)100/h1-62H. The molecule has 0 atom stereocenters. The van der Waals surface area contributed by atoms with Crippen LogP contribution >= 0.6 is 0 Å². The fourth-order valence-electron chi connectivity index (χ4n) is 17.4. The molecule has 0 bridgehead atoms. The van der Waals surface area contributed by atoms with Crippen LogP contribution in [0, 0.1) is 0 Å². The van der Waals surface area contributed by atoms with Gasteiger partial charge in [0.2, 0.25) is 0 Å². The van der Waals surface area contributed by atoms with Crippen LogP contribution in [0.5, 0.6) is 0 Å². The summed E-state index contributed by atoms with van der Waals surface area (Å²) in [6.45, 7) is -0.303. The molecule has 0 N–H and O–H groups in total. The number of nitrogens with zero attached hydrogens (tertiary/aromatic N) is 5. The van der Waals surface area contributed by atoms with Crippen molar-refractivity contribution in [2.24, 2.45) is 0 Å². The van der Waals surface area contributed by atoms with Gasteiger partial charge in [0.15, 0.2) is 0 Å². The average Bonchev–Trinajstić information content (AvgIpc) is 1.07. The molecule has 0 fully saturated rings. The molecule has 0 radical (unpaired) electrons. The zero-order chi connectivity index (χ0) is 66.9. The van der Waals surface area contributed by atoms with Crippen molar-refractivity contribution in [2.45, 2.75) is 0 Å². The number of anilines is 6. The van der Waals surface area contributed by atoms with Crippen LogP contribution < -0.4 is 26.2 Å². The van der Waals surface area contributed by atoms with Crippen molar-refractivity contribution in [3.63, 3.8) is 0 Å². The van der Waals surface area contributed by atoms with Crippen LogP contribution in [0.2, 0.25) is 0 Å². The fourth-order valence-corrected chi connectivity index (χ4v) is 17.4. The monoisotopic (exact) mass is 1300 g/mol. The van der Waals surface area contributed by atoms with Crippen molar-refractivity contribution in [1.29, 1.82) is 0 Å². The van der Waals surface area contributed by atoms with Crippen LogP contribution in [-0.2, 0) is 0 Å². The van der Waals surface area contributed by atoms with E-state index in [1.165, 1.54) is 76.4 Å². The summed E-state index contributed by atoms with van der Waals surface area (Å²) in [6.07, 6.45) is 0. The van der Waals surface area contributed by atoms with Crippen molar-refractivity contribution in [3.05, 3.63) is 376 Å². The summed E-state index contributed by atoms with van der Waals surface area (Å²) in [5.41, 5.74) is 32.1. The SMILES string of the molecule is c1ccc(-c2ccccc2N2c3ccc(-c4cccc5c4c4ccccc4n5-c4ccccc4)cc3B3c4cc(-c5cccc6c5c5ccccc5n6-c5ccccc5)ccc4N(c4c(-c5ccccc5)cccc4-c4ccccc4)c4cc(-n5c6ccccc6c6ccccc65)cc2c43)cc1. The van der Waals surface area contributed by atoms with Crippen LogP contribution in [0.4, 0.5) is 34.1 Å². The lowest BCUT2D eigenvalue weighted by Crippen LogP contribution is -2.61. The normalized spacial score (nSPS) is 12.5. The summed E-state index contributed by atoms with van der Waals surface area (Å²) in [5, 5.41) is 7.29. The first-order valence-corrected chi connectivity index (χ1v) is 35.3. The first-order valence-electron chi connectivity index (χ1n) is 35.3. The Labute approximate surface area is 591 Å². The van der Waals surface area contributed by atoms with Gasteiger partial charge in [-0.1, -0.05) is 285 Å². The van der Waals surface area contributed by atoms with E-state index >= 15 is 0 Å². The van der Waals surface area contributed by atoms with Gasteiger partial charge in [0.25, 0.3) is 6.71 Å². The highest BCUT2D eigenvalue weighted by atomic mass is 15.2. The maximum absolute atomic E-state index is 2.67. The fraction of sp³-hybridized carbons (Fsp3) is 0. The summed E-state index contributed by atoms with van der Waals surface area (Å²) in [6, 6.07) is 140. The third-order valence-electron chi connectivity index (χ3n) is 21.6. The first kappa shape index (κ1) is 57.6. The number of hydrogen-bond acceptors (Lipinski definition) is 2. The zero-order valence-corrected chi connectivity index (χ0v) is 55.6. The molecular formula is C96H62BN5. The Morgan fingerprint density at radius 3 is 1.03 bits per heavy atom. The Morgan fingerprint density at radius 1 is 0.196 bits per heavy atom. The summed E-state index contributed by atoms with van der Waals surface area (Å²) < 4.78 is 7.40. The molecule has 16 aromatic carbocycles. The van der Waals surface area contributed by atoms with Crippen LogP contribution in [0.15, 0.2) is 376 Å². The highest BCUT2D eigenvalue weighted by molar-refractivity contribution is 7.00. The van der Waals surface area contributed by atoms with E-state index in [0.29, 0.717) is 0 Å². The van der Waals surface area contributed by atoms with Gasteiger partial charge in [-0.05, 0) is 146 Å². The van der Waals surface area contributed by atoms with Gasteiger partial charge < -0.3 is 23.5 Å². The number of benzene rings is 16. The van der Waals surface area contributed by atoms with E-state index in [4.69, 9.17) is 0 Å². The van der Waals surface area contributed by atoms with Crippen LogP contribution in [0.25, 0.3) is 138 Å². The average molecular weight is 1300 g/mol. The van der Waals surface area contributed by atoms with Gasteiger partial charge in [0, 0.05) is 83.1 Å². The lowest BCUT2D eigenvalue weighted by atomic mass is 9.33. The molecule has 0 aliphatic carbocycles. The van der Waals surface area contributed by atoms with Gasteiger partial charge in [-0.2, -0.15) is 0 Å². The lowest BCUT2D eigenvalue weighted by molar-refractivity contribution is 1.16. The minimum Gasteiger partial charge on any atom is -0.311 e. The number of rotatable bonds is 10. The van der Waals surface area contributed by atoms with Gasteiger partial charge >= 0.3 is 0 Å². The molecule has 0 saturated carbocycles. The van der Waals surface area contributed by atoms with Crippen molar-refractivity contribution in [2.75, 3.05) is 9.80 Å². The van der Waals surface area contributed by atoms with E-state index in [0.717, 1.165) is 112 Å². The molecule has 5 heterocycles. The second kappa shape index (κ2) is 23.1. The molecule has 0 spiro atoms. The van der Waals surface area contributed by atoms with E-state index in [9.17, 15) is 0 Å². The molecule has 0 saturated heterocycles.